The third-order valence-electron chi connectivity index (χ3n) is 5.05. The van der Waals surface area contributed by atoms with Crippen LogP contribution in [0.3, 0.4) is 0 Å². The second-order valence-electron chi connectivity index (χ2n) is 7.19. The molecule has 4 rings (SSSR count). The number of amides is 1. The van der Waals surface area contributed by atoms with Gasteiger partial charge in [0.05, 0.1) is 17.0 Å². The standard InChI is InChI=1S/C24H20BrFN4O/c1-15-20(10-11-21(28-15)17-4-3-5-18(25)14-17)24(31)29-22(23-27-12-13-30(23)2)16-6-8-19(26)9-7-16/h3-14,22H,1-2H3,(H,29,31). The molecular formula is C24H20BrFN4O. The molecule has 4 aromatic rings. The lowest BCUT2D eigenvalue weighted by molar-refractivity contribution is 0.0940. The minimum absolute atomic E-state index is 0.275. The molecule has 5 nitrogen and oxygen atoms in total. The summed E-state index contributed by atoms with van der Waals surface area (Å²) >= 11 is 3.47. The minimum atomic E-state index is -0.530. The Labute approximate surface area is 188 Å². The summed E-state index contributed by atoms with van der Waals surface area (Å²) < 4.78 is 16.2. The van der Waals surface area contributed by atoms with Crippen LogP contribution < -0.4 is 5.32 Å². The molecule has 2 aromatic heterocycles. The maximum Gasteiger partial charge on any atom is 0.253 e. The summed E-state index contributed by atoms with van der Waals surface area (Å²) in [6.45, 7) is 1.81. The monoisotopic (exact) mass is 478 g/mol. The van der Waals surface area contributed by atoms with Gasteiger partial charge >= 0.3 is 0 Å². The van der Waals surface area contributed by atoms with Gasteiger partial charge in [0, 0.05) is 29.5 Å². The number of rotatable bonds is 5. The van der Waals surface area contributed by atoms with Crippen molar-refractivity contribution in [3.05, 3.63) is 106 Å². The molecule has 0 spiro atoms. The first-order valence-corrected chi connectivity index (χ1v) is 10.5. The van der Waals surface area contributed by atoms with E-state index in [9.17, 15) is 9.18 Å². The molecule has 2 aromatic carbocycles. The molecule has 2 heterocycles. The van der Waals surface area contributed by atoms with Crippen molar-refractivity contribution in [3.63, 3.8) is 0 Å². The molecule has 1 N–H and O–H groups in total. The highest BCUT2D eigenvalue weighted by atomic mass is 79.9. The zero-order chi connectivity index (χ0) is 22.0. The molecule has 0 fully saturated rings. The summed E-state index contributed by atoms with van der Waals surface area (Å²) in [6.07, 6.45) is 3.47. The molecule has 31 heavy (non-hydrogen) atoms. The van der Waals surface area contributed by atoms with Crippen LogP contribution in [0.25, 0.3) is 11.3 Å². The Kier molecular flexibility index (Phi) is 5.95. The van der Waals surface area contributed by atoms with E-state index in [4.69, 9.17) is 0 Å². The van der Waals surface area contributed by atoms with E-state index in [-0.39, 0.29) is 11.7 Å². The number of aromatic nitrogens is 3. The molecule has 0 saturated carbocycles. The predicted octanol–water partition coefficient (Wildman–Crippen LogP) is 5.21. The fourth-order valence-electron chi connectivity index (χ4n) is 3.43. The van der Waals surface area contributed by atoms with Gasteiger partial charge in [-0.1, -0.05) is 40.2 Å². The van der Waals surface area contributed by atoms with Crippen molar-refractivity contribution in [2.75, 3.05) is 0 Å². The fourth-order valence-corrected chi connectivity index (χ4v) is 3.83. The lowest BCUT2D eigenvalue weighted by atomic mass is 10.0. The van der Waals surface area contributed by atoms with Crippen molar-refractivity contribution in [3.8, 4) is 11.3 Å². The van der Waals surface area contributed by atoms with Gasteiger partial charge in [0.25, 0.3) is 5.91 Å². The maximum absolute atomic E-state index is 13.4. The van der Waals surface area contributed by atoms with E-state index in [1.165, 1.54) is 12.1 Å². The number of aryl methyl sites for hydroxylation is 2. The summed E-state index contributed by atoms with van der Waals surface area (Å²) in [4.78, 5) is 22.2. The van der Waals surface area contributed by atoms with Crippen LogP contribution in [0.4, 0.5) is 4.39 Å². The Morgan fingerprint density at radius 2 is 1.90 bits per heavy atom. The van der Waals surface area contributed by atoms with Gasteiger partial charge in [-0.15, -0.1) is 0 Å². The molecule has 0 bridgehead atoms. The summed E-state index contributed by atoms with van der Waals surface area (Å²) in [5.74, 6) is 0.0382. The highest BCUT2D eigenvalue weighted by Crippen LogP contribution is 2.24. The number of benzene rings is 2. The molecule has 0 aliphatic rings. The maximum atomic E-state index is 13.4. The molecular weight excluding hydrogens is 459 g/mol. The van der Waals surface area contributed by atoms with Crippen molar-refractivity contribution in [1.82, 2.24) is 19.9 Å². The highest BCUT2D eigenvalue weighted by Gasteiger charge is 2.22. The van der Waals surface area contributed by atoms with Crippen LogP contribution in [-0.4, -0.2) is 20.4 Å². The first-order chi connectivity index (χ1) is 14.9. The Balaban J connectivity index is 1.64. The van der Waals surface area contributed by atoms with E-state index < -0.39 is 6.04 Å². The van der Waals surface area contributed by atoms with Crippen molar-refractivity contribution < 1.29 is 9.18 Å². The van der Waals surface area contributed by atoms with Crippen molar-refractivity contribution in [2.24, 2.45) is 7.05 Å². The molecule has 1 amide bonds. The molecule has 0 aliphatic heterocycles. The molecule has 156 valence electrons. The summed E-state index contributed by atoms with van der Waals surface area (Å²) in [5, 5.41) is 3.03. The summed E-state index contributed by atoms with van der Waals surface area (Å²) in [6, 6.07) is 17.0. The van der Waals surface area contributed by atoms with E-state index in [1.807, 2.05) is 48.9 Å². The van der Waals surface area contributed by atoms with Crippen LogP contribution in [0.15, 0.2) is 77.5 Å². The van der Waals surface area contributed by atoms with E-state index in [1.54, 1.807) is 30.6 Å². The van der Waals surface area contributed by atoms with Gasteiger partial charge in [-0.25, -0.2) is 9.37 Å². The number of halogens is 2. The molecule has 1 unspecified atom stereocenters. The second kappa shape index (κ2) is 8.81. The highest BCUT2D eigenvalue weighted by molar-refractivity contribution is 9.10. The number of carbonyl (C=O) groups is 1. The van der Waals surface area contributed by atoms with E-state index >= 15 is 0 Å². The van der Waals surface area contributed by atoms with E-state index in [0.717, 1.165) is 21.3 Å². The van der Waals surface area contributed by atoms with Gasteiger partial charge in [-0.2, -0.15) is 0 Å². The topological polar surface area (TPSA) is 59.8 Å². The van der Waals surface area contributed by atoms with Crippen LogP contribution in [0, 0.1) is 12.7 Å². The minimum Gasteiger partial charge on any atom is -0.338 e. The Morgan fingerprint density at radius 3 is 2.55 bits per heavy atom. The number of nitrogens with one attached hydrogen (secondary N) is 1. The number of carbonyl (C=O) groups excluding carboxylic acids is 1. The van der Waals surface area contributed by atoms with Crippen LogP contribution in [0.1, 0.15) is 33.5 Å². The Morgan fingerprint density at radius 1 is 1.13 bits per heavy atom. The molecule has 0 radical (unpaired) electrons. The quantitative estimate of drug-likeness (QED) is 0.428. The van der Waals surface area contributed by atoms with Crippen LogP contribution in [0.5, 0.6) is 0 Å². The number of imidazole rings is 1. The third kappa shape index (κ3) is 4.56. The third-order valence-corrected chi connectivity index (χ3v) is 5.54. The van der Waals surface area contributed by atoms with E-state index in [0.29, 0.717) is 17.1 Å². The number of nitrogens with zero attached hydrogens (tertiary/aromatic N) is 3. The molecule has 0 saturated heterocycles. The Hall–Kier alpha value is -3.32. The average molecular weight is 479 g/mol. The number of pyridine rings is 1. The van der Waals surface area contributed by atoms with Crippen molar-refractivity contribution >= 4 is 21.8 Å². The Bertz CT molecular complexity index is 1240. The number of hydrogen-bond donors (Lipinski definition) is 1. The average Bonchev–Trinajstić information content (AvgIpc) is 3.18. The van der Waals surface area contributed by atoms with Crippen LogP contribution >= 0.6 is 15.9 Å². The van der Waals surface area contributed by atoms with Crippen molar-refractivity contribution in [1.29, 1.82) is 0 Å². The van der Waals surface area contributed by atoms with E-state index in [2.05, 4.69) is 31.2 Å². The number of hydrogen-bond acceptors (Lipinski definition) is 3. The van der Waals surface area contributed by atoms with Gasteiger partial charge < -0.3 is 9.88 Å². The van der Waals surface area contributed by atoms with Gasteiger partial charge in [-0.3, -0.25) is 9.78 Å². The largest absolute Gasteiger partial charge is 0.338 e. The lowest BCUT2D eigenvalue weighted by Gasteiger charge is -2.20. The van der Waals surface area contributed by atoms with Crippen LogP contribution in [0.2, 0.25) is 0 Å². The fraction of sp³-hybridized carbons (Fsp3) is 0.125. The zero-order valence-electron chi connectivity index (χ0n) is 17.0. The molecule has 7 heteroatoms. The van der Waals surface area contributed by atoms with Gasteiger partial charge in [0.1, 0.15) is 17.7 Å². The first-order valence-electron chi connectivity index (χ1n) is 9.69. The first kappa shape index (κ1) is 20.9. The van der Waals surface area contributed by atoms with Gasteiger partial charge in [0.2, 0.25) is 0 Å². The summed E-state index contributed by atoms with van der Waals surface area (Å²) in [5.41, 5.74) is 3.57. The molecule has 1 atom stereocenters. The van der Waals surface area contributed by atoms with Gasteiger partial charge in [-0.05, 0) is 48.9 Å². The summed E-state index contributed by atoms with van der Waals surface area (Å²) in [7, 11) is 1.85. The van der Waals surface area contributed by atoms with Crippen molar-refractivity contribution in [2.45, 2.75) is 13.0 Å². The van der Waals surface area contributed by atoms with Gasteiger partial charge in [0.15, 0.2) is 0 Å². The van der Waals surface area contributed by atoms with Crippen LogP contribution in [-0.2, 0) is 7.05 Å². The smallest absolute Gasteiger partial charge is 0.253 e. The lowest BCUT2D eigenvalue weighted by Crippen LogP contribution is -2.31. The molecule has 0 aliphatic carbocycles. The second-order valence-corrected chi connectivity index (χ2v) is 8.11. The normalized spacial score (nSPS) is 11.9. The SMILES string of the molecule is Cc1nc(-c2cccc(Br)c2)ccc1C(=O)NC(c1ccc(F)cc1)c1nccn1C. The predicted molar refractivity (Wildman–Crippen MR) is 121 cm³/mol. The zero-order valence-corrected chi connectivity index (χ0v) is 18.6.